The zero-order valence-electron chi connectivity index (χ0n) is 12.8. The van der Waals surface area contributed by atoms with Crippen LogP contribution in [-0.4, -0.2) is 23.8 Å². The zero-order chi connectivity index (χ0) is 15.1. The fourth-order valence-electron chi connectivity index (χ4n) is 1.45. The smallest absolute Gasteiger partial charge is 0.323 e. The van der Waals surface area contributed by atoms with Crippen LogP contribution in [0.4, 0.5) is 0 Å². The Morgan fingerprint density at radius 3 is 2.20 bits per heavy atom. The number of hydrogen-bond donors (Lipinski definition) is 1. The number of para-hydroxylation sites is 1. The Bertz CT molecular complexity index is 409. The van der Waals surface area contributed by atoms with Gasteiger partial charge >= 0.3 is 5.97 Å². The Kier molecular flexibility index (Phi) is 6.97. The maximum atomic E-state index is 11.8. The molecule has 0 spiro atoms. The molecule has 0 saturated heterocycles. The van der Waals surface area contributed by atoms with E-state index in [4.69, 9.17) is 9.26 Å². The second-order valence-corrected chi connectivity index (χ2v) is 7.29. The molecule has 0 fully saturated rings. The minimum Gasteiger partial charge on any atom is -0.462 e. The molecule has 1 aromatic carbocycles. The summed E-state index contributed by atoms with van der Waals surface area (Å²) in [4.78, 5) is 11.8. The van der Waals surface area contributed by atoms with Crippen LogP contribution >= 0.6 is 8.30 Å². The summed E-state index contributed by atoms with van der Waals surface area (Å²) in [5.41, 5.74) is 0.291. The Hall–Kier alpha value is -1.12. The van der Waals surface area contributed by atoms with Gasteiger partial charge in [-0.05, 0) is 32.9 Å². The third kappa shape index (κ3) is 5.89. The number of benzene rings is 1. The van der Waals surface area contributed by atoms with Crippen LogP contribution in [0.2, 0.25) is 0 Å². The van der Waals surface area contributed by atoms with Crippen LogP contribution in [-0.2, 0) is 9.53 Å². The highest BCUT2D eigenvalue weighted by Crippen LogP contribution is 2.39. The molecule has 0 amide bonds. The van der Waals surface area contributed by atoms with Gasteiger partial charge in [-0.15, -0.1) is 0 Å². The SMILES string of the molecule is CC(C)OC(=O)[C@@H](C)NP(Oc1ccccc1)C(C)C. The third-order valence-corrected chi connectivity index (χ3v) is 4.43. The number of nitrogens with one attached hydrogen (secondary N) is 1. The van der Waals surface area contributed by atoms with Crippen molar-refractivity contribution in [3.05, 3.63) is 30.3 Å². The van der Waals surface area contributed by atoms with E-state index in [0.717, 1.165) is 5.75 Å². The Balaban J connectivity index is 2.61. The predicted molar refractivity (Wildman–Crippen MR) is 83.0 cm³/mol. The van der Waals surface area contributed by atoms with Gasteiger partial charge in [-0.2, -0.15) is 0 Å². The van der Waals surface area contributed by atoms with Crippen molar-refractivity contribution in [2.24, 2.45) is 0 Å². The van der Waals surface area contributed by atoms with Gasteiger partial charge in [-0.3, -0.25) is 9.88 Å². The van der Waals surface area contributed by atoms with E-state index in [1.807, 2.05) is 44.2 Å². The molecule has 1 unspecified atom stereocenters. The fourth-order valence-corrected chi connectivity index (χ4v) is 2.85. The lowest BCUT2D eigenvalue weighted by atomic mass is 10.3. The van der Waals surface area contributed by atoms with Gasteiger partial charge in [0, 0.05) is 5.66 Å². The first-order chi connectivity index (χ1) is 9.40. The van der Waals surface area contributed by atoms with Gasteiger partial charge < -0.3 is 9.26 Å². The molecule has 1 rings (SSSR count). The quantitative estimate of drug-likeness (QED) is 0.615. The van der Waals surface area contributed by atoms with E-state index in [9.17, 15) is 4.79 Å². The van der Waals surface area contributed by atoms with Crippen molar-refractivity contribution >= 4 is 14.3 Å². The molecule has 2 atom stereocenters. The summed E-state index contributed by atoms with van der Waals surface area (Å²) in [6.07, 6.45) is -0.105. The highest BCUT2D eigenvalue weighted by Gasteiger charge is 2.24. The molecule has 0 radical (unpaired) electrons. The molecule has 0 aliphatic heterocycles. The lowest BCUT2D eigenvalue weighted by Gasteiger charge is -2.25. The summed E-state index contributed by atoms with van der Waals surface area (Å²) in [7, 11) is -0.944. The third-order valence-electron chi connectivity index (χ3n) is 2.44. The van der Waals surface area contributed by atoms with E-state index in [1.165, 1.54) is 0 Å². The van der Waals surface area contributed by atoms with Crippen LogP contribution in [0.5, 0.6) is 5.75 Å². The van der Waals surface area contributed by atoms with Crippen LogP contribution in [0.15, 0.2) is 30.3 Å². The maximum absolute atomic E-state index is 11.8. The van der Waals surface area contributed by atoms with Crippen molar-refractivity contribution in [3.8, 4) is 5.75 Å². The van der Waals surface area contributed by atoms with Crippen LogP contribution in [0.1, 0.15) is 34.6 Å². The highest BCUT2D eigenvalue weighted by atomic mass is 31.2. The number of hydrogen-bond acceptors (Lipinski definition) is 4. The minimum atomic E-state index is -0.944. The zero-order valence-corrected chi connectivity index (χ0v) is 13.7. The van der Waals surface area contributed by atoms with Crippen molar-refractivity contribution in [3.63, 3.8) is 0 Å². The largest absolute Gasteiger partial charge is 0.462 e. The monoisotopic (exact) mass is 297 g/mol. The molecule has 4 nitrogen and oxygen atoms in total. The Labute approximate surface area is 122 Å². The predicted octanol–water partition coefficient (Wildman–Crippen LogP) is 3.72. The molecule has 0 aliphatic rings. The molecule has 0 heterocycles. The first-order valence-corrected chi connectivity index (χ1v) is 8.22. The lowest BCUT2D eigenvalue weighted by Crippen LogP contribution is -2.35. The van der Waals surface area contributed by atoms with Crippen LogP contribution in [0.25, 0.3) is 0 Å². The van der Waals surface area contributed by atoms with Crippen molar-refractivity contribution in [2.45, 2.75) is 52.4 Å². The average molecular weight is 297 g/mol. The van der Waals surface area contributed by atoms with E-state index < -0.39 is 8.30 Å². The maximum Gasteiger partial charge on any atom is 0.323 e. The number of carbonyl (C=O) groups excluding carboxylic acids is 1. The molecule has 0 aromatic heterocycles. The summed E-state index contributed by atoms with van der Waals surface area (Å²) < 4.78 is 11.1. The minimum absolute atomic E-state index is 0.105. The van der Waals surface area contributed by atoms with Crippen molar-refractivity contribution in [1.29, 1.82) is 0 Å². The van der Waals surface area contributed by atoms with Crippen molar-refractivity contribution in [2.75, 3.05) is 0 Å². The highest BCUT2D eigenvalue weighted by molar-refractivity contribution is 7.51. The van der Waals surface area contributed by atoms with Crippen LogP contribution < -0.4 is 9.61 Å². The molecular formula is C15H24NO3P. The molecule has 5 heteroatoms. The first kappa shape index (κ1) is 16.9. The summed E-state index contributed by atoms with van der Waals surface area (Å²) in [5.74, 6) is 0.564. The Morgan fingerprint density at radius 1 is 1.10 bits per heavy atom. The molecule has 0 aliphatic carbocycles. The molecular weight excluding hydrogens is 273 g/mol. The average Bonchev–Trinajstić information content (AvgIpc) is 2.38. The summed E-state index contributed by atoms with van der Waals surface area (Å²) in [6, 6.07) is 9.25. The van der Waals surface area contributed by atoms with Crippen LogP contribution in [0.3, 0.4) is 0 Å². The standard InChI is InChI=1S/C15H24NO3P/c1-11(2)18-15(17)13(5)16-20(12(3)4)19-14-9-7-6-8-10-14/h6-13,16H,1-5H3/t13-,20?/m1/s1. The van der Waals surface area contributed by atoms with Gasteiger partial charge in [0.15, 0.2) is 8.30 Å². The lowest BCUT2D eigenvalue weighted by molar-refractivity contribution is -0.148. The molecule has 0 bridgehead atoms. The normalized spacial score (nSPS) is 14.2. The fraction of sp³-hybridized carbons (Fsp3) is 0.533. The molecule has 112 valence electrons. The van der Waals surface area contributed by atoms with E-state index in [1.54, 1.807) is 6.92 Å². The van der Waals surface area contributed by atoms with E-state index in [-0.39, 0.29) is 18.1 Å². The van der Waals surface area contributed by atoms with Crippen LogP contribution in [0, 0.1) is 0 Å². The van der Waals surface area contributed by atoms with Gasteiger partial charge in [0.1, 0.15) is 11.8 Å². The number of rotatable bonds is 7. The first-order valence-electron chi connectivity index (χ1n) is 6.89. The summed E-state index contributed by atoms with van der Waals surface area (Å²) in [5, 5.41) is 3.24. The van der Waals surface area contributed by atoms with Gasteiger partial charge in [0.25, 0.3) is 0 Å². The summed E-state index contributed by atoms with van der Waals surface area (Å²) in [6.45, 7) is 9.63. The van der Waals surface area contributed by atoms with Gasteiger partial charge in [0.05, 0.1) is 6.10 Å². The van der Waals surface area contributed by atoms with E-state index in [0.29, 0.717) is 5.66 Å². The van der Waals surface area contributed by atoms with E-state index in [2.05, 4.69) is 18.9 Å². The number of esters is 1. The summed E-state index contributed by atoms with van der Waals surface area (Å²) >= 11 is 0. The number of ether oxygens (including phenoxy) is 1. The second kappa shape index (κ2) is 8.23. The topological polar surface area (TPSA) is 47.6 Å². The van der Waals surface area contributed by atoms with Gasteiger partial charge in [0.2, 0.25) is 0 Å². The van der Waals surface area contributed by atoms with Gasteiger partial charge in [-0.25, -0.2) is 0 Å². The molecule has 20 heavy (non-hydrogen) atoms. The second-order valence-electron chi connectivity index (χ2n) is 5.16. The van der Waals surface area contributed by atoms with Gasteiger partial charge in [-0.1, -0.05) is 32.0 Å². The molecule has 1 N–H and O–H groups in total. The van der Waals surface area contributed by atoms with Crippen molar-refractivity contribution in [1.82, 2.24) is 5.09 Å². The molecule has 1 aromatic rings. The molecule has 0 saturated carbocycles. The van der Waals surface area contributed by atoms with E-state index >= 15 is 0 Å². The Morgan fingerprint density at radius 2 is 1.70 bits per heavy atom. The van der Waals surface area contributed by atoms with Crippen molar-refractivity contribution < 1.29 is 14.1 Å². The number of carbonyl (C=O) groups is 1.